The largest absolute Gasteiger partial charge is 0.463 e. The summed E-state index contributed by atoms with van der Waals surface area (Å²) in [6, 6.07) is 0. The van der Waals surface area contributed by atoms with Crippen molar-refractivity contribution in [2.75, 3.05) is 6.61 Å². The van der Waals surface area contributed by atoms with Crippen LogP contribution in [0.3, 0.4) is 0 Å². The Kier molecular flexibility index (Phi) is 14.7. The first-order chi connectivity index (χ1) is 13.7. The molecule has 0 bridgehead atoms. The summed E-state index contributed by atoms with van der Waals surface area (Å²) in [5, 5.41) is 0. The van der Waals surface area contributed by atoms with Crippen LogP contribution in [-0.4, -0.2) is 24.6 Å². The summed E-state index contributed by atoms with van der Waals surface area (Å²) in [5.74, 6) is -0.431. The number of hydrogen-bond donors (Lipinski definition) is 0. The Balaban J connectivity index is 2.01. The lowest BCUT2D eigenvalue weighted by Gasteiger charge is -2.29. The van der Waals surface area contributed by atoms with Crippen LogP contribution in [0.5, 0.6) is 0 Å². The van der Waals surface area contributed by atoms with Gasteiger partial charge >= 0.3 is 11.9 Å². The molecule has 1 rings (SSSR count). The number of carbonyl (C=O) groups is 2. The summed E-state index contributed by atoms with van der Waals surface area (Å²) in [6.07, 6.45) is 20.3. The van der Waals surface area contributed by atoms with E-state index < -0.39 is 11.9 Å². The summed E-state index contributed by atoms with van der Waals surface area (Å²) < 4.78 is 10.7. The lowest BCUT2D eigenvalue weighted by atomic mass is 9.85. The third kappa shape index (κ3) is 12.2. The number of unbranched alkanes of at least 4 members (excludes halogenated alkanes) is 9. The van der Waals surface area contributed by atoms with E-state index in [2.05, 4.69) is 13.8 Å². The molecular weight excluding hydrogens is 352 g/mol. The van der Waals surface area contributed by atoms with Gasteiger partial charge in [-0.1, -0.05) is 78.1 Å². The molecular formula is C24H42O4. The second-order valence-electron chi connectivity index (χ2n) is 8.11. The van der Waals surface area contributed by atoms with Gasteiger partial charge in [-0.2, -0.15) is 0 Å². The van der Waals surface area contributed by atoms with Crippen LogP contribution in [0, 0.1) is 5.92 Å². The Hall–Kier alpha value is -1.32. The quantitative estimate of drug-likeness (QED) is 0.180. The number of carbonyl (C=O) groups excluding carboxylic acids is 2. The van der Waals surface area contributed by atoms with Crippen LogP contribution in [0.25, 0.3) is 0 Å². The third-order valence-electron chi connectivity index (χ3n) is 5.73. The molecule has 1 fully saturated rings. The molecule has 2 unspecified atom stereocenters. The van der Waals surface area contributed by atoms with Crippen molar-refractivity contribution in [2.24, 2.45) is 5.92 Å². The van der Waals surface area contributed by atoms with Crippen LogP contribution >= 0.6 is 0 Å². The molecule has 2 atom stereocenters. The molecule has 1 saturated carbocycles. The molecule has 4 nitrogen and oxygen atoms in total. The first-order valence-corrected chi connectivity index (χ1v) is 11.7. The maximum absolute atomic E-state index is 11.9. The van der Waals surface area contributed by atoms with Gasteiger partial charge in [-0.3, -0.25) is 0 Å². The fourth-order valence-electron chi connectivity index (χ4n) is 3.93. The van der Waals surface area contributed by atoms with Gasteiger partial charge in [-0.15, -0.1) is 0 Å². The third-order valence-corrected chi connectivity index (χ3v) is 5.73. The molecule has 1 aliphatic carbocycles. The molecule has 0 aromatic rings. The molecule has 0 aromatic heterocycles. The van der Waals surface area contributed by atoms with E-state index in [4.69, 9.17) is 9.47 Å². The molecule has 0 saturated heterocycles. The molecule has 0 aliphatic heterocycles. The highest BCUT2D eigenvalue weighted by Crippen LogP contribution is 2.29. The summed E-state index contributed by atoms with van der Waals surface area (Å²) in [6.45, 7) is 4.81. The fraction of sp³-hybridized carbons (Fsp3) is 0.833. The topological polar surface area (TPSA) is 52.6 Å². The van der Waals surface area contributed by atoms with Gasteiger partial charge in [0.15, 0.2) is 0 Å². The average molecular weight is 395 g/mol. The van der Waals surface area contributed by atoms with Gasteiger partial charge in [0.2, 0.25) is 0 Å². The van der Waals surface area contributed by atoms with Crippen molar-refractivity contribution < 1.29 is 19.1 Å². The second kappa shape index (κ2) is 16.6. The molecule has 0 radical (unpaired) electrons. The summed E-state index contributed by atoms with van der Waals surface area (Å²) >= 11 is 0. The van der Waals surface area contributed by atoms with Gasteiger partial charge in [-0.05, 0) is 38.0 Å². The van der Waals surface area contributed by atoms with Crippen LogP contribution in [0.2, 0.25) is 0 Å². The van der Waals surface area contributed by atoms with E-state index in [1.807, 2.05) is 0 Å². The number of rotatable bonds is 15. The van der Waals surface area contributed by atoms with Crippen LogP contribution < -0.4 is 0 Å². The lowest BCUT2D eigenvalue weighted by molar-refractivity contribution is -0.148. The molecule has 162 valence electrons. The van der Waals surface area contributed by atoms with E-state index in [1.54, 1.807) is 0 Å². The Morgan fingerprint density at radius 1 is 0.786 bits per heavy atom. The average Bonchev–Trinajstić information content (AvgIpc) is 2.71. The normalized spacial score (nSPS) is 19.6. The minimum Gasteiger partial charge on any atom is -0.463 e. The monoisotopic (exact) mass is 394 g/mol. The highest BCUT2D eigenvalue weighted by molar-refractivity contribution is 5.91. The molecule has 4 heteroatoms. The standard InChI is InChI=1S/C24H42O4/c1-3-5-6-7-8-9-10-11-12-15-20-27-23(25)18-19-24(26)28-22-17-14-13-16-21(22)4-2/h18-19,21-22H,3-17,20H2,1-2H3/b19-18+. The smallest absolute Gasteiger partial charge is 0.331 e. The number of hydrogen-bond acceptors (Lipinski definition) is 4. The molecule has 0 spiro atoms. The van der Waals surface area contributed by atoms with Crippen molar-refractivity contribution in [1.82, 2.24) is 0 Å². The van der Waals surface area contributed by atoms with Crippen molar-refractivity contribution in [3.8, 4) is 0 Å². The first kappa shape index (κ1) is 24.7. The zero-order valence-electron chi connectivity index (χ0n) is 18.3. The van der Waals surface area contributed by atoms with Gasteiger partial charge < -0.3 is 9.47 Å². The molecule has 0 N–H and O–H groups in total. The molecule has 0 heterocycles. The van der Waals surface area contributed by atoms with E-state index in [0.29, 0.717) is 12.5 Å². The Labute approximate surface area is 172 Å². The van der Waals surface area contributed by atoms with Crippen LogP contribution in [0.4, 0.5) is 0 Å². The van der Waals surface area contributed by atoms with Crippen LogP contribution in [-0.2, 0) is 19.1 Å². The van der Waals surface area contributed by atoms with Gasteiger partial charge in [0.05, 0.1) is 6.61 Å². The Morgan fingerprint density at radius 2 is 1.36 bits per heavy atom. The molecule has 0 amide bonds. The SMILES string of the molecule is CCCCCCCCCCCCOC(=O)/C=C/C(=O)OC1CCCCC1CC. The lowest BCUT2D eigenvalue weighted by Crippen LogP contribution is -2.29. The Morgan fingerprint density at radius 3 is 2.00 bits per heavy atom. The zero-order valence-corrected chi connectivity index (χ0v) is 18.3. The van der Waals surface area contributed by atoms with Crippen molar-refractivity contribution in [3.05, 3.63) is 12.2 Å². The first-order valence-electron chi connectivity index (χ1n) is 11.7. The number of ether oxygens (including phenoxy) is 2. The van der Waals surface area contributed by atoms with Gasteiger partial charge in [0, 0.05) is 12.2 Å². The van der Waals surface area contributed by atoms with Gasteiger partial charge in [0.1, 0.15) is 6.10 Å². The van der Waals surface area contributed by atoms with E-state index in [9.17, 15) is 9.59 Å². The summed E-state index contributed by atoms with van der Waals surface area (Å²) in [5.41, 5.74) is 0. The highest BCUT2D eigenvalue weighted by Gasteiger charge is 2.26. The predicted octanol–water partition coefficient (Wildman–Crippen LogP) is 6.52. The maximum atomic E-state index is 11.9. The van der Waals surface area contributed by atoms with Crippen LogP contribution in [0.1, 0.15) is 110 Å². The van der Waals surface area contributed by atoms with E-state index in [1.165, 1.54) is 69.9 Å². The second-order valence-corrected chi connectivity index (χ2v) is 8.11. The fourth-order valence-corrected chi connectivity index (χ4v) is 3.93. The van der Waals surface area contributed by atoms with Crippen molar-refractivity contribution in [2.45, 2.75) is 116 Å². The summed E-state index contributed by atoms with van der Waals surface area (Å²) in [7, 11) is 0. The van der Waals surface area contributed by atoms with E-state index in [-0.39, 0.29) is 6.10 Å². The van der Waals surface area contributed by atoms with Gasteiger partial charge in [0.25, 0.3) is 0 Å². The van der Waals surface area contributed by atoms with E-state index in [0.717, 1.165) is 38.5 Å². The van der Waals surface area contributed by atoms with Crippen LogP contribution in [0.15, 0.2) is 12.2 Å². The molecule has 28 heavy (non-hydrogen) atoms. The van der Waals surface area contributed by atoms with Crippen molar-refractivity contribution in [1.29, 1.82) is 0 Å². The Bertz CT molecular complexity index is 444. The van der Waals surface area contributed by atoms with Gasteiger partial charge in [-0.25, -0.2) is 9.59 Å². The zero-order chi connectivity index (χ0) is 20.5. The highest BCUT2D eigenvalue weighted by atomic mass is 16.5. The molecule has 1 aliphatic rings. The number of esters is 2. The van der Waals surface area contributed by atoms with E-state index >= 15 is 0 Å². The maximum Gasteiger partial charge on any atom is 0.331 e. The van der Waals surface area contributed by atoms with Crippen molar-refractivity contribution in [3.63, 3.8) is 0 Å². The van der Waals surface area contributed by atoms with Crippen molar-refractivity contribution >= 4 is 11.9 Å². The predicted molar refractivity (Wildman–Crippen MR) is 114 cm³/mol. The minimum absolute atomic E-state index is 0.00133. The molecule has 0 aromatic carbocycles. The summed E-state index contributed by atoms with van der Waals surface area (Å²) in [4.78, 5) is 23.6. The minimum atomic E-state index is -0.455.